The van der Waals surface area contributed by atoms with E-state index in [1.54, 1.807) is 0 Å². The molecule has 0 spiro atoms. The van der Waals surface area contributed by atoms with Crippen molar-refractivity contribution in [2.24, 2.45) is 0 Å². The second-order valence-electron chi connectivity index (χ2n) is 4.11. The Balaban J connectivity index is 2.13. The van der Waals surface area contributed by atoms with E-state index < -0.39 is 0 Å². The van der Waals surface area contributed by atoms with Crippen LogP contribution >= 0.6 is 28.1 Å². The van der Waals surface area contributed by atoms with E-state index in [0.717, 1.165) is 27.0 Å². The van der Waals surface area contributed by atoms with Gasteiger partial charge in [-0.25, -0.2) is 0 Å². The van der Waals surface area contributed by atoms with Crippen LogP contribution in [0.1, 0.15) is 11.5 Å². The summed E-state index contributed by atoms with van der Waals surface area (Å²) >= 11 is 8.81. The molecule has 0 saturated carbocycles. The first-order valence-electron chi connectivity index (χ1n) is 5.44. The highest BCUT2D eigenvalue weighted by molar-refractivity contribution is 9.10. The van der Waals surface area contributed by atoms with Crippen LogP contribution in [0.5, 0.6) is 0 Å². The number of aromatic nitrogens is 3. The van der Waals surface area contributed by atoms with Gasteiger partial charge in [0.25, 0.3) is 0 Å². The van der Waals surface area contributed by atoms with E-state index in [1.165, 1.54) is 0 Å². The standard InChI is InChI=1S/C12H10BrN3OS/c1-7-4-9(15-17-7)6-16-11-5-8(13)2-3-10(11)14-12(16)18/h2-5H,6H2,1H3,(H,14,18). The molecule has 0 unspecified atom stereocenters. The fourth-order valence-electron chi connectivity index (χ4n) is 1.94. The number of hydrogen-bond acceptors (Lipinski definition) is 3. The maximum Gasteiger partial charge on any atom is 0.178 e. The monoisotopic (exact) mass is 323 g/mol. The zero-order chi connectivity index (χ0) is 12.7. The van der Waals surface area contributed by atoms with Crippen LogP contribution in [0.4, 0.5) is 0 Å². The van der Waals surface area contributed by atoms with Crippen LogP contribution < -0.4 is 0 Å². The lowest BCUT2D eigenvalue weighted by atomic mass is 10.3. The Morgan fingerprint density at radius 1 is 1.44 bits per heavy atom. The van der Waals surface area contributed by atoms with Crippen molar-refractivity contribution in [1.82, 2.24) is 14.7 Å². The third-order valence-electron chi connectivity index (χ3n) is 2.73. The molecule has 4 nitrogen and oxygen atoms in total. The molecule has 0 bridgehead atoms. The molecule has 0 fully saturated rings. The molecule has 2 heterocycles. The Bertz CT molecular complexity index is 771. The predicted octanol–water partition coefficient (Wildman–Crippen LogP) is 3.81. The van der Waals surface area contributed by atoms with Crippen LogP contribution in [-0.2, 0) is 6.54 Å². The minimum Gasteiger partial charge on any atom is -0.361 e. The average Bonchev–Trinajstić information content (AvgIpc) is 2.86. The van der Waals surface area contributed by atoms with Crippen LogP contribution in [0.25, 0.3) is 11.0 Å². The highest BCUT2D eigenvalue weighted by atomic mass is 79.9. The molecule has 0 amide bonds. The number of rotatable bonds is 2. The maximum atomic E-state index is 5.34. The van der Waals surface area contributed by atoms with Crippen LogP contribution in [0, 0.1) is 11.7 Å². The molecular formula is C12H10BrN3OS. The highest BCUT2D eigenvalue weighted by Gasteiger charge is 2.08. The number of aryl methyl sites for hydroxylation is 1. The van der Waals surface area contributed by atoms with Gasteiger partial charge in [0.2, 0.25) is 0 Å². The lowest BCUT2D eigenvalue weighted by Crippen LogP contribution is -1.99. The molecule has 18 heavy (non-hydrogen) atoms. The molecule has 0 atom stereocenters. The van der Waals surface area contributed by atoms with Crippen molar-refractivity contribution in [3.63, 3.8) is 0 Å². The van der Waals surface area contributed by atoms with Crippen molar-refractivity contribution in [2.75, 3.05) is 0 Å². The predicted molar refractivity (Wildman–Crippen MR) is 75.2 cm³/mol. The number of aromatic amines is 1. The van der Waals surface area contributed by atoms with E-state index >= 15 is 0 Å². The van der Waals surface area contributed by atoms with E-state index in [0.29, 0.717) is 11.3 Å². The number of nitrogens with one attached hydrogen (secondary N) is 1. The van der Waals surface area contributed by atoms with Gasteiger partial charge in [-0.1, -0.05) is 21.1 Å². The minimum atomic E-state index is 0.604. The lowest BCUT2D eigenvalue weighted by molar-refractivity contribution is 0.389. The van der Waals surface area contributed by atoms with E-state index in [2.05, 4.69) is 26.1 Å². The summed E-state index contributed by atoms with van der Waals surface area (Å²) in [4.78, 5) is 3.18. The van der Waals surface area contributed by atoms with Gasteiger partial charge in [0.15, 0.2) is 4.77 Å². The summed E-state index contributed by atoms with van der Waals surface area (Å²) in [5, 5.41) is 3.99. The van der Waals surface area contributed by atoms with Crippen LogP contribution in [0.3, 0.4) is 0 Å². The minimum absolute atomic E-state index is 0.604. The molecule has 0 aliphatic rings. The second kappa shape index (κ2) is 4.37. The Hall–Kier alpha value is -1.40. The Kier molecular flexibility index (Phi) is 2.83. The van der Waals surface area contributed by atoms with Gasteiger partial charge in [0, 0.05) is 10.5 Å². The smallest absolute Gasteiger partial charge is 0.178 e. The van der Waals surface area contributed by atoms with Gasteiger partial charge in [-0.3, -0.25) is 0 Å². The second-order valence-corrected chi connectivity index (χ2v) is 5.41. The van der Waals surface area contributed by atoms with Crippen molar-refractivity contribution >= 4 is 39.2 Å². The van der Waals surface area contributed by atoms with Gasteiger partial charge >= 0.3 is 0 Å². The van der Waals surface area contributed by atoms with E-state index in [4.69, 9.17) is 16.7 Å². The topological polar surface area (TPSA) is 46.8 Å². The lowest BCUT2D eigenvalue weighted by Gasteiger charge is -2.01. The van der Waals surface area contributed by atoms with Gasteiger partial charge in [0.05, 0.1) is 17.6 Å². The Labute approximate surface area is 117 Å². The zero-order valence-electron chi connectivity index (χ0n) is 9.61. The van der Waals surface area contributed by atoms with Crippen molar-refractivity contribution in [3.8, 4) is 0 Å². The van der Waals surface area contributed by atoms with Crippen LogP contribution in [0.2, 0.25) is 0 Å². The molecule has 0 saturated heterocycles. The van der Waals surface area contributed by atoms with Crippen LogP contribution in [0.15, 0.2) is 33.3 Å². The van der Waals surface area contributed by atoms with Gasteiger partial charge in [-0.2, -0.15) is 0 Å². The van der Waals surface area contributed by atoms with Gasteiger partial charge in [-0.15, -0.1) is 0 Å². The SMILES string of the molecule is Cc1cc(Cn2c(=S)[nH]c3ccc(Br)cc32)no1. The Morgan fingerprint density at radius 3 is 3.00 bits per heavy atom. The number of fused-ring (bicyclic) bond motifs is 1. The molecule has 1 N–H and O–H groups in total. The van der Waals surface area contributed by atoms with Crippen molar-refractivity contribution in [1.29, 1.82) is 0 Å². The summed E-state index contributed by atoms with van der Waals surface area (Å²) in [6, 6.07) is 7.94. The summed E-state index contributed by atoms with van der Waals surface area (Å²) in [7, 11) is 0. The number of nitrogens with zero attached hydrogens (tertiary/aromatic N) is 2. The first kappa shape index (κ1) is 11.7. The summed E-state index contributed by atoms with van der Waals surface area (Å²) in [5.74, 6) is 0.803. The molecule has 3 rings (SSSR count). The molecule has 0 aliphatic heterocycles. The van der Waals surface area contributed by atoms with Crippen molar-refractivity contribution in [3.05, 3.63) is 45.0 Å². The fraction of sp³-hybridized carbons (Fsp3) is 0.167. The van der Waals surface area contributed by atoms with Crippen molar-refractivity contribution < 1.29 is 4.52 Å². The Morgan fingerprint density at radius 2 is 2.28 bits per heavy atom. The number of benzene rings is 1. The molecule has 92 valence electrons. The fourth-order valence-corrected chi connectivity index (χ4v) is 2.56. The molecular weight excluding hydrogens is 314 g/mol. The largest absolute Gasteiger partial charge is 0.361 e. The normalized spacial score (nSPS) is 11.2. The molecule has 3 aromatic rings. The maximum absolute atomic E-state index is 5.34. The van der Waals surface area contributed by atoms with Gasteiger partial charge in [0.1, 0.15) is 11.5 Å². The van der Waals surface area contributed by atoms with Gasteiger partial charge in [-0.05, 0) is 37.3 Å². The first-order chi connectivity index (χ1) is 8.63. The molecule has 2 aromatic heterocycles. The average molecular weight is 324 g/mol. The molecule has 6 heteroatoms. The quantitative estimate of drug-likeness (QED) is 0.729. The molecule has 1 aromatic carbocycles. The third kappa shape index (κ3) is 2.02. The molecule has 0 radical (unpaired) electrons. The number of H-pyrrole nitrogens is 1. The van der Waals surface area contributed by atoms with E-state index in [1.807, 2.05) is 35.8 Å². The summed E-state index contributed by atoms with van der Waals surface area (Å²) < 4.78 is 8.79. The van der Waals surface area contributed by atoms with Gasteiger partial charge < -0.3 is 14.1 Å². The number of hydrogen-bond donors (Lipinski definition) is 1. The number of imidazole rings is 1. The highest BCUT2D eigenvalue weighted by Crippen LogP contribution is 2.20. The summed E-state index contributed by atoms with van der Waals surface area (Å²) in [5.41, 5.74) is 2.93. The summed E-state index contributed by atoms with van der Waals surface area (Å²) in [6.07, 6.45) is 0. The third-order valence-corrected chi connectivity index (χ3v) is 3.55. The summed E-state index contributed by atoms with van der Waals surface area (Å²) in [6.45, 7) is 2.48. The van der Waals surface area contributed by atoms with Crippen molar-refractivity contribution in [2.45, 2.75) is 13.5 Å². The molecule has 0 aliphatic carbocycles. The van der Waals surface area contributed by atoms with E-state index in [-0.39, 0.29) is 0 Å². The first-order valence-corrected chi connectivity index (χ1v) is 6.64. The van der Waals surface area contributed by atoms with Crippen LogP contribution in [-0.4, -0.2) is 14.7 Å². The van der Waals surface area contributed by atoms with E-state index in [9.17, 15) is 0 Å². The number of halogens is 1. The zero-order valence-corrected chi connectivity index (χ0v) is 12.0.